The fourth-order valence-electron chi connectivity index (χ4n) is 3.36. The zero-order valence-electron chi connectivity index (χ0n) is 10.4. The van der Waals surface area contributed by atoms with Crippen LogP contribution in [-0.4, -0.2) is 6.29 Å². The molecule has 2 rings (SSSR count). The standard InChI is InChI=1S/C15H22O/c1-3-4-12-6-8-14-13(9-12)7-5-11(2)15(14)10-16/h3-4,8,10-13,15H,5-7,9H2,1-2H3. The molecule has 88 valence electrons. The molecule has 0 aliphatic heterocycles. The van der Waals surface area contributed by atoms with Crippen molar-refractivity contribution in [1.29, 1.82) is 0 Å². The van der Waals surface area contributed by atoms with Crippen LogP contribution in [0.15, 0.2) is 23.8 Å². The summed E-state index contributed by atoms with van der Waals surface area (Å²) in [4.78, 5) is 11.2. The van der Waals surface area contributed by atoms with Gasteiger partial charge in [0.25, 0.3) is 0 Å². The van der Waals surface area contributed by atoms with E-state index in [-0.39, 0.29) is 5.92 Å². The Labute approximate surface area is 98.6 Å². The predicted molar refractivity (Wildman–Crippen MR) is 67.1 cm³/mol. The summed E-state index contributed by atoms with van der Waals surface area (Å²) in [7, 11) is 0. The molecule has 2 aliphatic rings. The number of fused-ring (bicyclic) bond motifs is 1. The topological polar surface area (TPSA) is 17.1 Å². The summed E-state index contributed by atoms with van der Waals surface area (Å²) >= 11 is 0. The highest BCUT2D eigenvalue weighted by Gasteiger charge is 2.34. The van der Waals surface area contributed by atoms with Gasteiger partial charge < -0.3 is 4.79 Å². The van der Waals surface area contributed by atoms with Crippen LogP contribution in [0.3, 0.4) is 0 Å². The van der Waals surface area contributed by atoms with E-state index in [1.165, 1.54) is 31.1 Å². The van der Waals surface area contributed by atoms with Crippen LogP contribution in [0, 0.1) is 23.7 Å². The van der Waals surface area contributed by atoms with Crippen molar-refractivity contribution in [3.63, 3.8) is 0 Å². The Bertz CT molecular complexity index is 313. The van der Waals surface area contributed by atoms with Crippen molar-refractivity contribution < 1.29 is 4.79 Å². The van der Waals surface area contributed by atoms with Gasteiger partial charge in [-0.25, -0.2) is 0 Å². The summed E-state index contributed by atoms with van der Waals surface area (Å²) < 4.78 is 0. The summed E-state index contributed by atoms with van der Waals surface area (Å²) in [5.41, 5.74) is 1.45. The van der Waals surface area contributed by atoms with Crippen LogP contribution in [0.1, 0.15) is 39.5 Å². The lowest BCUT2D eigenvalue weighted by atomic mass is 9.66. The van der Waals surface area contributed by atoms with E-state index in [1.807, 2.05) is 0 Å². The van der Waals surface area contributed by atoms with Gasteiger partial charge in [-0.15, -0.1) is 0 Å². The Morgan fingerprint density at radius 3 is 2.88 bits per heavy atom. The average Bonchev–Trinajstić information content (AvgIpc) is 2.30. The first-order valence-corrected chi connectivity index (χ1v) is 6.54. The normalized spacial score (nSPS) is 39.2. The van der Waals surface area contributed by atoms with Gasteiger partial charge in [0, 0.05) is 5.92 Å². The zero-order valence-corrected chi connectivity index (χ0v) is 10.4. The molecule has 1 saturated carbocycles. The highest BCUT2D eigenvalue weighted by atomic mass is 16.1. The molecule has 1 nitrogen and oxygen atoms in total. The van der Waals surface area contributed by atoms with Gasteiger partial charge in [-0.1, -0.05) is 30.7 Å². The maximum atomic E-state index is 11.2. The van der Waals surface area contributed by atoms with Crippen molar-refractivity contribution in [1.82, 2.24) is 0 Å². The van der Waals surface area contributed by atoms with Gasteiger partial charge in [-0.3, -0.25) is 0 Å². The van der Waals surface area contributed by atoms with E-state index in [9.17, 15) is 4.79 Å². The maximum Gasteiger partial charge on any atom is 0.127 e. The van der Waals surface area contributed by atoms with Crippen molar-refractivity contribution >= 4 is 6.29 Å². The molecule has 1 heteroatoms. The summed E-state index contributed by atoms with van der Waals surface area (Å²) in [6, 6.07) is 0. The van der Waals surface area contributed by atoms with Crippen LogP contribution >= 0.6 is 0 Å². The van der Waals surface area contributed by atoms with E-state index < -0.39 is 0 Å². The predicted octanol–water partition coefficient (Wildman–Crippen LogP) is 3.76. The Hall–Kier alpha value is -0.850. The quantitative estimate of drug-likeness (QED) is 0.509. The molecule has 0 N–H and O–H groups in total. The molecule has 0 aromatic carbocycles. The summed E-state index contributed by atoms with van der Waals surface area (Å²) in [6.07, 6.45) is 12.9. The molecule has 0 bridgehead atoms. The Morgan fingerprint density at radius 2 is 2.19 bits per heavy atom. The highest BCUT2D eigenvalue weighted by molar-refractivity contribution is 5.60. The van der Waals surface area contributed by atoms with Gasteiger partial charge in [0.1, 0.15) is 6.29 Å². The molecule has 0 amide bonds. The minimum absolute atomic E-state index is 0.213. The number of carbonyl (C=O) groups is 1. The smallest absolute Gasteiger partial charge is 0.127 e. The molecule has 2 aliphatic carbocycles. The van der Waals surface area contributed by atoms with E-state index in [0.717, 1.165) is 6.42 Å². The van der Waals surface area contributed by atoms with Crippen LogP contribution in [0.25, 0.3) is 0 Å². The van der Waals surface area contributed by atoms with Crippen LogP contribution in [0.4, 0.5) is 0 Å². The summed E-state index contributed by atoms with van der Waals surface area (Å²) in [6.45, 7) is 4.31. The minimum Gasteiger partial charge on any atom is -0.303 e. The van der Waals surface area contributed by atoms with Crippen molar-refractivity contribution in [2.75, 3.05) is 0 Å². The van der Waals surface area contributed by atoms with Crippen molar-refractivity contribution in [3.8, 4) is 0 Å². The number of hydrogen-bond acceptors (Lipinski definition) is 1. The Balaban J connectivity index is 2.15. The molecular weight excluding hydrogens is 196 g/mol. The number of allylic oxidation sites excluding steroid dienone is 4. The van der Waals surface area contributed by atoms with Crippen molar-refractivity contribution in [2.24, 2.45) is 23.7 Å². The molecule has 16 heavy (non-hydrogen) atoms. The molecule has 0 aromatic heterocycles. The van der Waals surface area contributed by atoms with Crippen molar-refractivity contribution in [2.45, 2.75) is 39.5 Å². The lowest BCUT2D eigenvalue weighted by Gasteiger charge is -2.38. The highest BCUT2D eigenvalue weighted by Crippen LogP contribution is 2.44. The number of carbonyl (C=O) groups excluding carboxylic acids is 1. The second-order valence-electron chi connectivity index (χ2n) is 5.37. The third-order valence-electron chi connectivity index (χ3n) is 4.29. The van der Waals surface area contributed by atoms with Gasteiger partial charge in [0.2, 0.25) is 0 Å². The third kappa shape index (κ3) is 2.14. The van der Waals surface area contributed by atoms with E-state index >= 15 is 0 Å². The monoisotopic (exact) mass is 218 g/mol. The van der Waals surface area contributed by atoms with Gasteiger partial charge in [0.05, 0.1) is 0 Å². The zero-order chi connectivity index (χ0) is 11.5. The lowest BCUT2D eigenvalue weighted by molar-refractivity contribution is -0.112. The van der Waals surface area contributed by atoms with Crippen LogP contribution in [-0.2, 0) is 4.79 Å². The third-order valence-corrected chi connectivity index (χ3v) is 4.29. The van der Waals surface area contributed by atoms with Gasteiger partial charge in [0.15, 0.2) is 0 Å². The van der Waals surface area contributed by atoms with E-state index in [4.69, 9.17) is 0 Å². The molecular formula is C15H22O. The largest absolute Gasteiger partial charge is 0.303 e. The Kier molecular flexibility index (Phi) is 3.63. The molecule has 4 unspecified atom stereocenters. The summed E-state index contributed by atoms with van der Waals surface area (Å²) in [5.74, 6) is 2.16. The molecule has 0 spiro atoms. The van der Waals surface area contributed by atoms with E-state index in [0.29, 0.717) is 17.8 Å². The molecule has 0 aromatic rings. The molecule has 4 atom stereocenters. The average molecular weight is 218 g/mol. The fraction of sp³-hybridized carbons (Fsp3) is 0.667. The number of rotatable bonds is 2. The molecule has 1 fully saturated rings. The van der Waals surface area contributed by atoms with Gasteiger partial charge in [-0.05, 0) is 50.4 Å². The SMILES string of the molecule is CC=CC1CC=C2C(CCC(C)C2C=O)C1. The first kappa shape index (κ1) is 11.6. The second-order valence-corrected chi connectivity index (χ2v) is 5.37. The molecule has 0 saturated heterocycles. The maximum absolute atomic E-state index is 11.2. The first-order chi connectivity index (χ1) is 7.76. The van der Waals surface area contributed by atoms with Crippen LogP contribution in [0.5, 0.6) is 0 Å². The van der Waals surface area contributed by atoms with Crippen LogP contribution < -0.4 is 0 Å². The summed E-state index contributed by atoms with van der Waals surface area (Å²) in [5, 5.41) is 0. The lowest BCUT2D eigenvalue weighted by Crippen LogP contribution is -2.30. The fourth-order valence-corrected chi connectivity index (χ4v) is 3.36. The van der Waals surface area contributed by atoms with E-state index in [1.54, 1.807) is 0 Å². The number of aldehydes is 1. The molecule has 0 radical (unpaired) electrons. The number of hydrogen-bond donors (Lipinski definition) is 0. The van der Waals surface area contributed by atoms with Gasteiger partial charge >= 0.3 is 0 Å². The van der Waals surface area contributed by atoms with Crippen LogP contribution in [0.2, 0.25) is 0 Å². The van der Waals surface area contributed by atoms with E-state index in [2.05, 4.69) is 32.1 Å². The molecule has 0 heterocycles. The minimum atomic E-state index is 0.213. The first-order valence-electron chi connectivity index (χ1n) is 6.54. The second kappa shape index (κ2) is 4.99. The van der Waals surface area contributed by atoms with Gasteiger partial charge in [-0.2, -0.15) is 0 Å². The Morgan fingerprint density at radius 1 is 1.38 bits per heavy atom. The van der Waals surface area contributed by atoms with Crippen molar-refractivity contribution in [3.05, 3.63) is 23.8 Å².